The van der Waals surface area contributed by atoms with Crippen molar-refractivity contribution in [3.63, 3.8) is 0 Å². The van der Waals surface area contributed by atoms with E-state index in [0.717, 1.165) is 29.6 Å². The van der Waals surface area contributed by atoms with Crippen molar-refractivity contribution in [1.82, 2.24) is 0 Å². The number of rotatable bonds is 8. The van der Waals surface area contributed by atoms with Crippen molar-refractivity contribution >= 4 is 0 Å². The maximum absolute atomic E-state index is 2.49. The highest BCUT2D eigenvalue weighted by atomic mass is 14.4. The molecule has 0 saturated heterocycles. The van der Waals surface area contributed by atoms with Gasteiger partial charge in [-0.15, -0.1) is 0 Å². The molecule has 0 aromatic rings. The van der Waals surface area contributed by atoms with Crippen LogP contribution in [0.5, 0.6) is 0 Å². The summed E-state index contributed by atoms with van der Waals surface area (Å²) in [5.41, 5.74) is 0. The van der Waals surface area contributed by atoms with Crippen LogP contribution in [0.25, 0.3) is 0 Å². The molecule has 102 valence electrons. The molecule has 17 heavy (non-hydrogen) atoms. The van der Waals surface area contributed by atoms with Crippen molar-refractivity contribution < 1.29 is 0 Å². The zero-order valence-corrected chi connectivity index (χ0v) is 12.8. The molecule has 0 heteroatoms. The van der Waals surface area contributed by atoms with Crippen LogP contribution in [0.4, 0.5) is 0 Å². The minimum absolute atomic E-state index is 0.955. The second-order valence-electron chi connectivity index (χ2n) is 6.66. The lowest BCUT2D eigenvalue weighted by Gasteiger charge is -2.44. The second-order valence-corrected chi connectivity index (χ2v) is 6.66. The molecule has 0 spiro atoms. The van der Waals surface area contributed by atoms with Crippen LogP contribution >= 0.6 is 0 Å². The van der Waals surface area contributed by atoms with Crippen LogP contribution in [-0.4, -0.2) is 0 Å². The largest absolute Gasteiger partial charge is 0.0654 e. The molecule has 0 bridgehead atoms. The number of hydrogen-bond donors (Lipinski definition) is 0. The number of hydrogen-bond acceptors (Lipinski definition) is 0. The average molecular weight is 238 g/mol. The van der Waals surface area contributed by atoms with Gasteiger partial charge in [-0.2, -0.15) is 0 Å². The van der Waals surface area contributed by atoms with E-state index in [1.165, 1.54) is 44.9 Å². The van der Waals surface area contributed by atoms with Gasteiger partial charge in [0, 0.05) is 0 Å². The van der Waals surface area contributed by atoms with Gasteiger partial charge in [-0.1, -0.05) is 60.3 Å². The molecule has 0 N–H and O–H groups in total. The Morgan fingerprint density at radius 1 is 1.12 bits per heavy atom. The normalized spacial score (nSPS) is 31.9. The predicted molar refractivity (Wildman–Crippen MR) is 78.1 cm³/mol. The van der Waals surface area contributed by atoms with Crippen LogP contribution in [0, 0.1) is 29.6 Å². The molecule has 5 unspecified atom stereocenters. The Balaban J connectivity index is 2.23. The van der Waals surface area contributed by atoms with Gasteiger partial charge in [-0.3, -0.25) is 0 Å². The molecule has 0 nitrogen and oxygen atoms in total. The van der Waals surface area contributed by atoms with Crippen molar-refractivity contribution in [2.45, 2.75) is 79.6 Å². The summed E-state index contributed by atoms with van der Waals surface area (Å²) >= 11 is 0. The van der Waals surface area contributed by atoms with E-state index in [1.807, 2.05) is 0 Å². The van der Waals surface area contributed by atoms with Gasteiger partial charge in [0.05, 0.1) is 0 Å². The van der Waals surface area contributed by atoms with Gasteiger partial charge in [-0.05, 0) is 48.9 Å². The highest BCUT2D eigenvalue weighted by molar-refractivity contribution is 4.86. The van der Waals surface area contributed by atoms with Crippen LogP contribution in [0.2, 0.25) is 0 Å². The molecule has 1 fully saturated rings. The molecule has 0 aliphatic heterocycles. The van der Waals surface area contributed by atoms with E-state index in [9.17, 15) is 0 Å². The van der Waals surface area contributed by atoms with Crippen LogP contribution in [0.1, 0.15) is 79.6 Å². The first-order valence-electron chi connectivity index (χ1n) is 8.12. The third-order valence-corrected chi connectivity index (χ3v) is 5.33. The quantitative estimate of drug-likeness (QED) is 0.493. The average Bonchev–Trinajstić information content (AvgIpc) is 2.32. The first kappa shape index (κ1) is 15.1. The van der Waals surface area contributed by atoms with Gasteiger partial charge in [0.15, 0.2) is 0 Å². The zero-order valence-electron chi connectivity index (χ0n) is 12.8. The van der Waals surface area contributed by atoms with Crippen LogP contribution in [0.15, 0.2) is 0 Å². The van der Waals surface area contributed by atoms with E-state index in [-0.39, 0.29) is 0 Å². The highest BCUT2D eigenvalue weighted by Gasteiger charge is 2.36. The smallest absolute Gasteiger partial charge is 0.0381 e. The highest BCUT2D eigenvalue weighted by Crippen LogP contribution is 2.45. The van der Waals surface area contributed by atoms with E-state index in [0.29, 0.717) is 0 Å². The zero-order chi connectivity index (χ0) is 12.8. The van der Waals surface area contributed by atoms with E-state index < -0.39 is 0 Å². The minimum Gasteiger partial charge on any atom is -0.0654 e. The standard InChI is InChI=1S/C17H34/c1-6-9-15(7-2)10-13(4)11-17-12-16(8-3)14(17)5/h13-17H,6-12H2,1-5H3. The summed E-state index contributed by atoms with van der Waals surface area (Å²) in [4.78, 5) is 0. The summed E-state index contributed by atoms with van der Waals surface area (Å²) in [5, 5.41) is 0. The molecule has 0 amide bonds. The van der Waals surface area contributed by atoms with Crippen molar-refractivity contribution in [1.29, 1.82) is 0 Å². The Morgan fingerprint density at radius 3 is 2.29 bits per heavy atom. The maximum Gasteiger partial charge on any atom is -0.0381 e. The van der Waals surface area contributed by atoms with E-state index >= 15 is 0 Å². The van der Waals surface area contributed by atoms with E-state index in [1.54, 1.807) is 0 Å². The SMILES string of the molecule is CCCC(CC)CC(C)CC1CC(CC)C1C. The predicted octanol–water partition coefficient (Wildman–Crippen LogP) is 5.91. The fourth-order valence-electron chi connectivity index (χ4n) is 3.94. The first-order valence-corrected chi connectivity index (χ1v) is 8.12. The molecule has 1 aliphatic rings. The lowest BCUT2D eigenvalue weighted by atomic mass is 9.62. The fourth-order valence-corrected chi connectivity index (χ4v) is 3.94. The summed E-state index contributed by atoms with van der Waals surface area (Å²) in [6.45, 7) is 12.0. The Kier molecular flexibility index (Phi) is 6.59. The Labute approximate surface area is 110 Å². The summed E-state index contributed by atoms with van der Waals surface area (Å²) in [7, 11) is 0. The van der Waals surface area contributed by atoms with Gasteiger partial charge in [-0.25, -0.2) is 0 Å². The lowest BCUT2D eigenvalue weighted by Crippen LogP contribution is -2.35. The maximum atomic E-state index is 2.49. The van der Waals surface area contributed by atoms with Gasteiger partial charge in [0.1, 0.15) is 0 Å². The van der Waals surface area contributed by atoms with Gasteiger partial charge in [0.2, 0.25) is 0 Å². The monoisotopic (exact) mass is 238 g/mol. The summed E-state index contributed by atoms with van der Waals surface area (Å²) in [6.07, 6.45) is 10.1. The molecule has 0 radical (unpaired) electrons. The summed E-state index contributed by atoms with van der Waals surface area (Å²) < 4.78 is 0. The molecule has 0 heterocycles. The van der Waals surface area contributed by atoms with Crippen molar-refractivity contribution in [3.8, 4) is 0 Å². The Morgan fingerprint density at radius 2 is 1.82 bits per heavy atom. The molecule has 0 aromatic carbocycles. The molecule has 1 aliphatic carbocycles. The van der Waals surface area contributed by atoms with Crippen LogP contribution in [0.3, 0.4) is 0 Å². The molecule has 5 atom stereocenters. The van der Waals surface area contributed by atoms with Crippen molar-refractivity contribution in [3.05, 3.63) is 0 Å². The van der Waals surface area contributed by atoms with Gasteiger partial charge < -0.3 is 0 Å². The third kappa shape index (κ3) is 4.30. The fraction of sp³-hybridized carbons (Fsp3) is 1.00. The molecule has 0 aromatic heterocycles. The topological polar surface area (TPSA) is 0 Å². The van der Waals surface area contributed by atoms with E-state index in [2.05, 4.69) is 34.6 Å². The minimum atomic E-state index is 0.955. The van der Waals surface area contributed by atoms with Crippen LogP contribution < -0.4 is 0 Å². The Hall–Kier alpha value is 0. The van der Waals surface area contributed by atoms with Gasteiger partial charge in [0.25, 0.3) is 0 Å². The lowest BCUT2D eigenvalue weighted by molar-refractivity contribution is 0.0605. The van der Waals surface area contributed by atoms with E-state index in [4.69, 9.17) is 0 Å². The second kappa shape index (κ2) is 7.44. The molecular weight excluding hydrogens is 204 g/mol. The van der Waals surface area contributed by atoms with Crippen molar-refractivity contribution in [2.75, 3.05) is 0 Å². The summed E-state index contributed by atoms with van der Waals surface area (Å²) in [5.74, 6) is 5.05. The molecule has 1 rings (SSSR count). The van der Waals surface area contributed by atoms with Crippen molar-refractivity contribution in [2.24, 2.45) is 29.6 Å². The first-order chi connectivity index (χ1) is 8.12. The van der Waals surface area contributed by atoms with Crippen LogP contribution in [-0.2, 0) is 0 Å². The molecule has 1 saturated carbocycles. The molecular formula is C17H34. The Bertz CT molecular complexity index is 196. The third-order valence-electron chi connectivity index (χ3n) is 5.33. The summed E-state index contributed by atoms with van der Waals surface area (Å²) in [6, 6.07) is 0. The van der Waals surface area contributed by atoms with Gasteiger partial charge >= 0.3 is 0 Å².